The summed E-state index contributed by atoms with van der Waals surface area (Å²) >= 11 is 0. The molecule has 1 aliphatic rings. The summed E-state index contributed by atoms with van der Waals surface area (Å²) in [5, 5.41) is -0.856. The van der Waals surface area contributed by atoms with E-state index >= 15 is 0 Å². The van der Waals surface area contributed by atoms with E-state index in [0.717, 1.165) is 0 Å². The monoisotopic (exact) mass is 342 g/mol. The van der Waals surface area contributed by atoms with E-state index in [-0.39, 0.29) is 6.61 Å². The second kappa shape index (κ2) is 6.43. The average molecular weight is 342 g/mol. The molecule has 21 heavy (non-hydrogen) atoms. The SMILES string of the molecule is CCOP1(=O)OC(P(=O)(O)O)C(CC)(CC)C1(CC)CC. The summed E-state index contributed by atoms with van der Waals surface area (Å²) in [4.78, 5) is 19.5. The summed E-state index contributed by atoms with van der Waals surface area (Å²) < 4.78 is 36.3. The van der Waals surface area contributed by atoms with Crippen molar-refractivity contribution in [2.45, 2.75) is 71.3 Å². The van der Waals surface area contributed by atoms with Gasteiger partial charge in [0.1, 0.15) is 0 Å². The fraction of sp³-hybridized carbons (Fsp3) is 1.00. The van der Waals surface area contributed by atoms with Gasteiger partial charge in [0, 0.05) is 5.41 Å². The molecule has 1 rings (SSSR count). The van der Waals surface area contributed by atoms with E-state index in [0.29, 0.717) is 25.7 Å². The normalized spacial score (nSPS) is 31.5. The quantitative estimate of drug-likeness (QED) is 0.676. The molecule has 2 N–H and O–H groups in total. The van der Waals surface area contributed by atoms with Gasteiger partial charge in [0.05, 0.1) is 11.8 Å². The third-order valence-electron chi connectivity index (χ3n) is 5.20. The Balaban J connectivity index is 3.64. The molecular weight excluding hydrogens is 314 g/mol. The van der Waals surface area contributed by atoms with Crippen molar-refractivity contribution in [2.24, 2.45) is 5.41 Å². The van der Waals surface area contributed by atoms with Crippen LogP contribution in [0.25, 0.3) is 0 Å². The molecule has 0 amide bonds. The Hall–Kier alpha value is 0.300. The highest BCUT2D eigenvalue weighted by Gasteiger charge is 2.73. The molecule has 0 radical (unpaired) electrons. The molecule has 0 spiro atoms. The average Bonchev–Trinajstić information content (AvgIpc) is 2.64. The first-order valence-corrected chi connectivity index (χ1v) is 10.8. The summed E-state index contributed by atoms with van der Waals surface area (Å²) in [6.45, 7) is 9.43. The summed E-state index contributed by atoms with van der Waals surface area (Å²) in [5.74, 6) is -1.36. The fourth-order valence-corrected chi connectivity index (χ4v) is 9.43. The third kappa shape index (κ3) is 2.58. The molecule has 0 aromatic rings. The van der Waals surface area contributed by atoms with Gasteiger partial charge >= 0.3 is 15.2 Å². The summed E-state index contributed by atoms with van der Waals surface area (Å²) in [7, 11) is -8.16. The molecular formula is C13H28O6P2. The van der Waals surface area contributed by atoms with E-state index < -0.39 is 31.6 Å². The highest BCUT2D eigenvalue weighted by molar-refractivity contribution is 7.58. The van der Waals surface area contributed by atoms with E-state index in [1.165, 1.54) is 0 Å². The summed E-state index contributed by atoms with van der Waals surface area (Å²) in [5.41, 5.74) is -0.847. The standard InChI is InChI=1S/C13H28O6P2/c1-6-12(7-2)11(20(14,15)16)19-21(17,18-10-5)13(12,8-3)9-4/h11H,6-10H2,1-5H3,(H2,14,15,16). The Morgan fingerprint density at radius 1 is 1.10 bits per heavy atom. The Labute approximate surface area is 127 Å². The largest absolute Gasteiger partial charge is 0.355 e. The molecule has 0 bridgehead atoms. The molecule has 2 unspecified atom stereocenters. The van der Waals surface area contributed by atoms with Crippen LogP contribution in [0.2, 0.25) is 0 Å². The minimum Gasteiger partial charge on any atom is -0.323 e. The maximum atomic E-state index is 13.3. The molecule has 1 fully saturated rings. The number of hydrogen-bond acceptors (Lipinski definition) is 4. The summed E-state index contributed by atoms with van der Waals surface area (Å²) in [6.07, 6.45) is 1.97. The predicted molar refractivity (Wildman–Crippen MR) is 82.5 cm³/mol. The van der Waals surface area contributed by atoms with Crippen molar-refractivity contribution in [3.63, 3.8) is 0 Å². The van der Waals surface area contributed by atoms with Gasteiger partial charge < -0.3 is 14.3 Å². The Bertz CT molecular complexity index is 450. The van der Waals surface area contributed by atoms with Crippen LogP contribution in [-0.2, 0) is 18.2 Å². The molecule has 6 nitrogen and oxygen atoms in total. The first-order valence-electron chi connectivity index (χ1n) is 7.62. The maximum Gasteiger partial charge on any atom is 0.355 e. The highest BCUT2D eigenvalue weighted by Crippen LogP contribution is 2.82. The molecule has 1 aliphatic heterocycles. The van der Waals surface area contributed by atoms with Crippen LogP contribution >= 0.6 is 15.2 Å². The van der Waals surface area contributed by atoms with Crippen molar-refractivity contribution in [3.05, 3.63) is 0 Å². The molecule has 0 aliphatic carbocycles. The third-order valence-corrected chi connectivity index (χ3v) is 9.79. The second-order valence-corrected chi connectivity index (χ2v) is 9.53. The van der Waals surface area contributed by atoms with Crippen LogP contribution in [0, 0.1) is 5.41 Å². The van der Waals surface area contributed by atoms with Crippen molar-refractivity contribution in [1.82, 2.24) is 0 Å². The lowest BCUT2D eigenvalue weighted by Gasteiger charge is -2.45. The van der Waals surface area contributed by atoms with E-state index in [2.05, 4.69) is 0 Å². The second-order valence-electron chi connectivity index (χ2n) is 5.56. The van der Waals surface area contributed by atoms with Crippen LogP contribution in [0.15, 0.2) is 0 Å². The zero-order valence-corrected chi connectivity index (χ0v) is 15.3. The fourth-order valence-electron chi connectivity index (χ4n) is 4.14. The van der Waals surface area contributed by atoms with Crippen molar-refractivity contribution < 1.29 is 28.0 Å². The Morgan fingerprint density at radius 2 is 1.57 bits per heavy atom. The molecule has 1 heterocycles. The zero-order chi connectivity index (χ0) is 16.5. The highest BCUT2D eigenvalue weighted by atomic mass is 31.2. The molecule has 0 aromatic heterocycles. The predicted octanol–water partition coefficient (Wildman–Crippen LogP) is 4.12. The molecule has 8 heteroatoms. The molecule has 1 saturated heterocycles. The lowest BCUT2D eigenvalue weighted by atomic mass is 9.68. The molecule has 0 aromatic carbocycles. The van der Waals surface area contributed by atoms with Gasteiger partial charge in [0.25, 0.3) is 0 Å². The zero-order valence-electron chi connectivity index (χ0n) is 13.5. The van der Waals surface area contributed by atoms with E-state index in [9.17, 15) is 18.9 Å². The van der Waals surface area contributed by atoms with Crippen molar-refractivity contribution in [1.29, 1.82) is 0 Å². The lowest BCUT2D eigenvalue weighted by Crippen LogP contribution is -2.47. The Morgan fingerprint density at radius 3 is 1.86 bits per heavy atom. The van der Waals surface area contributed by atoms with E-state index in [1.807, 2.05) is 27.7 Å². The van der Waals surface area contributed by atoms with Crippen LogP contribution in [-0.4, -0.2) is 27.4 Å². The maximum absolute atomic E-state index is 13.3. The number of hydrogen-bond donors (Lipinski definition) is 2. The van der Waals surface area contributed by atoms with Crippen LogP contribution < -0.4 is 0 Å². The van der Waals surface area contributed by atoms with Crippen LogP contribution in [0.5, 0.6) is 0 Å². The van der Waals surface area contributed by atoms with Crippen LogP contribution in [0.4, 0.5) is 0 Å². The van der Waals surface area contributed by atoms with Crippen molar-refractivity contribution >= 4 is 15.2 Å². The minimum absolute atomic E-state index is 0.191. The van der Waals surface area contributed by atoms with Gasteiger partial charge in [-0.3, -0.25) is 13.7 Å². The van der Waals surface area contributed by atoms with Gasteiger partial charge in [-0.15, -0.1) is 0 Å². The topological polar surface area (TPSA) is 93.1 Å². The first-order chi connectivity index (χ1) is 9.64. The first kappa shape index (κ1) is 19.3. The van der Waals surface area contributed by atoms with Gasteiger partial charge in [-0.25, -0.2) is 0 Å². The van der Waals surface area contributed by atoms with Gasteiger partial charge in [-0.05, 0) is 32.6 Å². The van der Waals surface area contributed by atoms with Gasteiger partial charge in [-0.2, -0.15) is 0 Å². The van der Waals surface area contributed by atoms with E-state index in [4.69, 9.17) is 9.05 Å². The molecule has 126 valence electrons. The number of rotatable bonds is 7. The summed E-state index contributed by atoms with van der Waals surface area (Å²) in [6, 6.07) is 0. The van der Waals surface area contributed by atoms with Crippen LogP contribution in [0.3, 0.4) is 0 Å². The Kier molecular flexibility index (Phi) is 5.92. The van der Waals surface area contributed by atoms with Crippen molar-refractivity contribution in [3.8, 4) is 0 Å². The van der Waals surface area contributed by atoms with Gasteiger partial charge in [-0.1, -0.05) is 27.7 Å². The molecule has 0 saturated carbocycles. The minimum atomic E-state index is -4.55. The van der Waals surface area contributed by atoms with Crippen LogP contribution in [0.1, 0.15) is 60.3 Å². The smallest absolute Gasteiger partial charge is 0.323 e. The molecule has 2 atom stereocenters. The van der Waals surface area contributed by atoms with Crippen molar-refractivity contribution in [2.75, 3.05) is 6.61 Å². The van der Waals surface area contributed by atoms with Gasteiger partial charge in [0.2, 0.25) is 0 Å². The van der Waals surface area contributed by atoms with Gasteiger partial charge in [0.15, 0.2) is 5.85 Å². The lowest BCUT2D eigenvalue weighted by molar-refractivity contribution is 0.0832. The van der Waals surface area contributed by atoms with E-state index in [1.54, 1.807) is 6.92 Å².